The predicted octanol–water partition coefficient (Wildman–Crippen LogP) is 0.981. The number of carbonyl (C=O) groups excluding carboxylic acids is 2. The fourth-order valence-electron chi connectivity index (χ4n) is 2.92. The van der Waals surface area contributed by atoms with Gasteiger partial charge >= 0.3 is 0 Å². The fraction of sp³-hybridized carbons (Fsp3) is 0.643. The lowest BCUT2D eigenvalue weighted by Crippen LogP contribution is -2.57. The van der Waals surface area contributed by atoms with Crippen LogP contribution in [0.25, 0.3) is 0 Å². The fourth-order valence-corrected chi connectivity index (χ4v) is 4.16. The Bertz CT molecular complexity index is 571. The summed E-state index contributed by atoms with van der Waals surface area (Å²) in [7, 11) is 0. The van der Waals surface area contributed by atoms with Crippen molar-refractivity contribution in [2.75, 3.05) is 18.0 Å². The molecule has 1 saturated heterocycles. The van der Waals surface area contributed by atoms with Gasteiger partial charge in [0.1, 0.15) is 12.6 Å². The minimum Gasteiger partial charge on any atom is -0.327 e. The van der Waals surface area contributed by atoms with Gasteiger partial charge in [-0.15, -0.1) is 11.3 Å². The molecule has 0 aromatic carbocycles. The minimum atomic E-state index is -0.354. The number of aromatic nitrogens is 1. The van der Waals surface area contributed by atoms with E-state index in [0.717, 1.165) is 36.6 Å². The molecule has 2 atom stereocenters. The molecular formula is C14H20N4O2S. The number of anilines is 1. The molecule has 1 aromatic rings. The number of nitrogens with one attached hydrogen (secondary N) is 2. The van der Waals surface area contributed by atoms with Crippen molar-refractivity contribution >= 4 is 28.3 Å². The average molecular weight is 308 g/mol. The molecular weight excluding hydrogens is 288 g/mol. The molecule has 21 heavy (non-hydrogen) atoms. The molecule has 2 N–H and O–H groups in total. The van der Waals surface area contributed by atoms with Gasteiger partial charge in [-0.1, -0.05) is 6.92 Å². The van der Waals surface area contributed by atoms with Crippen molar-refractivity contribution in [3.8, 4) is 0 Å². The van der Waals surface area contributed by atoms with Gasteiger partial charge < -0.3 is 10.2 Å². The van der Waals surface area contributed by atoms with Gasteiger partial charge in [0.15, 0.2) is 5.13 Å². The molecule has 0 radical (unpaired) electrons. The highest BCUT2D eigenvalue weighted by molar-refractivity contribution is 7.15. The van der Waals surface area contributed by atoms with E-state index in [1.807, 2.05) is 11.8 Å². The van der Waals surface area contributed by atoms with Gasteiger partial charge in [-0.25, -0.2) is 4.98 Å². The first-order valence-electron chi connectivity index (χ1n) is 7.43. The largest absolute Gasteiger partial charge is 0.327 e. The Morgan fingerprint density at radius 3 is 3.05 bits per heavy atom. The molecule has 1 aliphatic carbocycles. The highest BCUT2D eigenvalue weighted by Gasteiger charge is 2.34. The molecule has 2 aliphatic rings. The summed E-state index contributed by atoms with van der Waals surface area (Å²) in [5, 5.41) is 6.62. The Labute approximate surface area is 127 Å². The summed E-state index contributed by atoms with van der Waals surface area (Å²) in [6.45, 7) is 5.02. The van der Waals surface area contributed by atoms with Crippen molar-refractivity contribution in [2.45, 2.75) is 45.2 Å². The number of fused-ring (bicyclic) bond motifs is 1. The Morgan fingerprint density at radius 1 is 1.48 bits per heavy atom. The maximum absolute atomic E-state index is 11.8. The third-order valence-electron chi connectivity index (χ3n) is 4.06. The molecule has 0 bridgehead atoms. The number of hydrogen-bond acceptors (Lipinski definition) is 6. The molecule has 1 fully saturated rings. The second-order valence-corrected chi connectivity index (χ2v) is 6.59. The first-order valence-corrected chi connectivity index (χ1v) is 8.25. The molecule has 0 saturated carbocycles. The Balaban J connectivity index is 1.89. The van der Waals surface area contributed by atoms with E-state index in [-0.39, 0.29) is 24.4 Å². The van der Waals surface area contributed by atoms with E-state index in [1.165, 1.54) is 4.88 Å². The maximum atomic E-state index is 11.8. The quantitative estimate of drug-likeness (QED) is 0.814. The smallest absolute Gasteiger partial charge is 0.249 e. The van der Waals surface area contributed by atoms with Crippen LogP contribution < -0.4 is 15.5 Å². The second kappa shape index (κ2) is 5.73. The number of amides is 2. The van der Waals surface area contributed by atoms with Gasteiger partial charge in [0.05, 0.1) is 11.7 Å². The third-order valence-corrected chi connectivity index (χ3v) is 5.23. The highest BCUT2D eigenvalue weighted by Crippen LogP contribution is 2.37. The van der Waals surface area contributed by atoms with Crippen LogP contribution in [-0.2, 0) is 16.0 Å². The van der Waals surface area contributed by atoms with Crippen LogP contribution >= 0.6 is 11.3 Å². The van der Waals surface area contributed by atoms with E-state index in [9.17, 15) is 9.59 Å². The molecule has 2 heterocycles. The van der Waals surface area contributed by atoms with Gasteiger partial charge in [0.25, 0.3) is 0 Å². The number of rotatable bonds is 3. The topological polar surface area (TPSA) is 74.3 Å². The van der Waals surface area contributed by atoms with Crippen LogP contribution in [0.1, 0.15) is 43.3 Å². The normalized spacial score (nSPS) is 25.7. The third kappa shape index (κ3) is 2.67. The number of nitrogens with zero attached hydrogens (tertiary/aromatic N) is 2. The van der Waals surface area contributed by atoms with Crippen LogP contribution in [0.2, 0.25) is 0 Å². The van der Waals surface area contributed by atoms with Crippen molar-refractivity contribution in [1.29, 1.82) is 0 Å². The van der Waals surface area contributed by atoms with Crippen molar-refractivity contribution < 1.29 is 9.59 Å². The number of thiazole rings is 1. The predicted molar refractivity (Wildman–Crippen MR) is 81.4 cm³/mol. The van der Waals surface area contributed by atoms with Crippen LogP contribution in [0.15, 0.2) is 0 Å². The summed E-state index contributed by atoms with van der Waals surface area (Å²) >= 11 is 1.62. The molecule has 0 spiro atoms. The molecule has 2 amide bonds. The number of carbonyl (C=O) groups is 2. The molecule has 3 rings (SSSR count). The number of piperazine rings is 1. The number of imide groups is 1. The first kappa shape index (κ1) is 14.5. The lowest BCUT2D eigenvalue weighted by molar-refractivity contribution is -0.132. The van der Waals surface area contributed by atoms with Crippen LogP contribution in [-0.4, -0.2) is 35.9 Å². The SMILES string of the molecule is CCNC1CCCc2sc(N3CC(=O)NC(=O)C3C)nc21. The Kier molecular flexibility index (Phi) is 3.95. The maximum Gasteiger partial charge on any atom is 0.249 e. The van der Waals surface area contributed by atoms with E-state index in [4.69, 9.17) is 4.98 Å². The average Bonchev–Trinajstić information content (AvgIpc) is 2.88. The van der Waals surface area contributed by atoms with Gasteiger partial charge in [0, 0.05) is 4.88 Å². The van der Waals surface area contributed by atoms with E-state index >= 15 is 0 Å². The van der Waals surface area contributed by atoms with Crippen LogP contribution in [0.4, 0.5) is 5.13 Å². The van der Waals surface area contributed by atoms with Crippen molar-refractivity contribution in [3.05, 3.63) is 10.6 Å². The number of aryl methyl sites for hydroxylation is 1. The standard InChI is InChI=1S/C14H20N4O2S/c1-3-15-9-5-4-6-10-12(9)17-14(21-10)18-7-11(19)16-13(20)8(18)2/h8-9,15H,3-7H2,1-2H3,(H,16,19,20). The molecule has 6 nitrogen and oxygen atoms in total. The minimum absolute atomic E-state index is 0.200. The zero-order valence-corrected chi connectivity index (χ0v) is 13.1. The summed E-state index contributed by atoms with van der Waals surface area (Å²) in [5.74, 6) is -0.503. The molecule has 1 aliphatic heterocycles. The van der Waals surface area contributed by atoms with Crippen LogP contribution in [0, 0.1) is 0 Å². The summed E-state index contributed by atoms with van der Waals surface area (Å²) in [6, 6.07) is -0.0544. The monoisotopic (exact) mass is 308 g/mol. The number of hydrogen-bond donors (Lipinski definition) is 2. The van der Waals surface area contributed by atoms with Crippen molar-refractivity contribution in [3.63, 3.8) is 0 Å². The Morgan fingerprint density at radius 2 is 2.29 bits per heavy atom. The van der Waals surface area contributed by atoms with E-state index < -0.39 is 0 Å². The van der Waals surface area contributed by atoms with Gasteiger partial charge in [0.2, 0.25) is 11.8 Å². The zero-order chi connectivity index (χ0) is 15.0. The van der Waals surface area contributed by atoms with Crippen LogP contribution in [0.3, 0.4) is 0 Å². The second-order valence-electron chi connectivity index (χ2n) is 5.52. The van der Waals surface area contributed by atoms with Gasteiger partial charge in [-0.3, -0.25) is 14.9 Å². The summed E-state index contributed by atoms with van der Waals surface area (Å²) < 4.78 is 0. The van der Waals surface area contributed by atoms with Crippen LogP contribution in [0.5, 0.6) is 0 Å². The molecule has 7 heteroatoms. The molecule has 114 valence electrons. The summed E-state index contributed by atoms with van der Waals surface area (Å²) in [6.07, 6.45) is 3.29. The highest BCUT2D eigenvalue weighted by atomic mass is 32.1. The lowest BCUT2D eigenvalue weighted by Gasteiger charge is -2.31. The zero-order valence-electron chi connectivity index (χ0n) is 12.3. The summed E-state index contributed by atoms with van der Waals surface area (Å²) in [5.41, 5.74) is 1.11. The van der Waals surface area contributed by atoms with Crippen molar-refractivity contribution in [1.82, 2.24) is 15.6 Å². The Hall–Kier alpha value is -1.47. The van der Waals surface area contributed by atoms with Crippen molar-refractivity contribution in [2.24, 2.45) is 0 Å². The van der Waals surface area contributed by atoms with Gasteiger partial charge in [-0.05, 0) is 32.7 Å². The molecule has 1 aromatic heterocycles. The first-order chi connectivity index (χ1) is 10.1. The molecule has 2 unspecified atom stereocenters. The van der Waals surface area contributed by atoms with Gasteiger partial charge in [-0.2, -0.15) is 0 Å². The lowest BCUT2D eigenvalue weighted by atomic mass is 9.98. The van der Waals surface area contributed by atoms with E-state index in [1.54, 1.807) is 11.3 Å². The summed E-state index contributed by atoms with van der Waals surface area (Å²) in [4.78, 5) is 31.2. The van der Waals surface area contributed by atoms with E-state index in [0.29, 0.717) is 6.04 Å². The van der Waals surface area contributed by atoms with E-state index in [2.05, 4.69) is 17.6 Å².